The van der Waals surface area contributed by atoms with Crippen LogP contribution in [0.5, 0.6) is 0 Å². The van der Waals surface area contributed by atoms with Gasteiger partial charge in [-0.3, -0.25) is 9.69 Å². The summed E-state index contributed by atoms with van der Waals surface area (Å²) >= 11 is 1.35. The van der Waals surface area contributed by atoms with Gasteiger partial charge in [0, 0.05) is 11.4 Å². The van der Waals surface area contributed by atoms with E-state index in [0.717, 1.165) is 0 Å². The van der Waals surface area contributed by atoms with Crippen LogP contribution >= 0.6 is 11.8 Å². The van der Waals surface area contributed by atoms with Gasteiger partial charge in [0.2, 0.25) is 5.91 Å². The summed E-state index contributed by atoms with van der Waals surface area (Å²) in [6.45, 7) is 0.323. The Labute approximate surface area is 123 Å². The summed E-state index contributed by atoms with van der Waals surface area (Å²) in [7, 11) is 0. The molecular formula is C11H13N5O4S. The van der Waals surface area contributed by atoms with Crippen LogP contribution < -0.4 is 0 Å². The number of amides is 1. The van der Waals surface area contributed by atoms with E-state index < -0.39 is 11.9 Å². The van der Waals surface area contributed by atoms with E-state index >= 15 is 0 Å². The van der Waals surface area contributed by atoms with E-state index in [-0.39, 0.29) is 23.6 Å². The van der Waals surface area contributed by atoms with Crippen molar-refractivity contribution in [2.45, 2.75) is 24.8 Å². The average Bonchev–Trinajstić information content (AvgIpc) is 3.05. The van der Waals surface area contributed by atoms with Crippen LogP contribution in [-0.4, -0.2) is 59.2 Å². The largest absolute Gasteiger partial charge is 0.477 e. The Morgan fingerprint density at radius 2 is 2.29 bits per heavy atom. The van der Waals surface area contributed by atoms with Crippen molar-refractivity contribution in [1.29, 1.82) is 0 Å². The molecule has 3 heterocycles. The number of fused-ring (bicyclic) bond motifs is 1. The third kappa shape index (κ3) is 2.29. The lowest BCUT2D eigenvalue weighted by molar-refractivity contribution is -0.153. The van der Waals surface area contributed by atoms with E-state index in [2.05, 4.69) is 15.5 Å². The van der Waals surface area contributed by atoms with Crippen molar-refractivity contribution in [3.8, 4) is 0 Å². The van der Waals surface area contributed by atoms with Crippen molar-refractivity contribution in [3.05, 3.63) is 16.9 Å². The number of allylic oxidation sites excluding steroid dienone is 1. The van der Waals surface area contributed by atoms with Crippen molar-refractivity contribution in [1.82, 2.24) is 25.1 Å². The number of hydrogen-bond acceptors (Lipinski definition) is 7. The summed E-state index contributed by atoms with van der Waals surface area (Å²) in [5.74, 6) is -1.92. The SMILES string of the molecule is O=C(O)C1=C(CCCn2cnnn2)S[C@@H]2[C@@H](CO)C(=O)N12. The zero-order chi connectivity index (χ0) is 15.0. The van der Waals surface area contributed by atoms with Gasteiger partial charge in [-0.15, -0.1) is 16.9 Å². The molecule has 0 aromatic carbocycles. The number of aliphatic hydroxyl groups is 1. The van der Waals surface area contributed by atoms with Gasteiger partial charge in [-0.25, -0.2) is 9.48 Å². The van der Waals surface area contributed by atoms with Crippen LogP contribution in [0.4, 0.5) is 0 Å². The van der Waals surface area contributed by atoms with Gasteiger partial charge in [0.15, 0.2) is 0 Å². The highest BCUT2D eigenvalue weighted by atomic mass is 32.2. The molecule has 112 valence electrons. The number of carbonyl (C=O) groups is 2. The molecule has 0 spiro atoms. The van der Waals surface area contributed by atoms with Crippen molar-refractivity contribution in [2.75, 3.05) is 6.61 Å². The van der Waals surface area contributed by atoms with Gasteiger partial charge in [0.25, 0.3) is 0 Å². The van der Waals surface area contributed by atoms with Crippen LogP contribution in [0.3, 0.4) is 0 Å². The molecule has 10 heteroatoms. The predicted molar refractivity (Wildman–Crippen MR) is 70.5 cm³/mol. The predicted octanol–water partition coefficient (Wildman–Crippen LogP) is -0.727. The molecule has 1 saturated heterocycles. The Balaban J connectivity index is 1.68. The maximum atomic E-state index is 11.8. The first kappa shape index (κ1) is 14.0. The summed E-state index contributed by atoms with van der Waals surface area (Å²) in [4.78, 5) is 25.1. The summed E-state index contributed by atoms with van der Waals surface area (Å²) in [5.41, 5.74) is 0.0522. The number of rotatable bonds is 6. The molecular weight excluding hydrogens is 298 g/mol. The molecule has 0 bridgehead atoms. The molecule has 0 saturated carbocycles. The number of nitrogens with zero attached hydrogens (tertiary/aromatic N) is 5. The normalized spacial score (nSPS) is 24.2. The van der Waals surface area contributed by atoms with Gasteiger partial charge in [-0.05, 0) is 23.3 Å². The van der Waals surface area contributed by atoms with Gasteiger partial charge < -0.3 is 10.2 Å². The number of carbonyl (C=O) groups excluding carboxylic acids is 1. The molecule has 1 amide bonds. The minimum absolute atomic E-state index is 0.0522. The molecule has 2 aliphatic heterocycles. The van der Waals surface area contributed by atoms with Gasteiger partial charge in [-0.1, -0.05) is 0 Å². The quantitative estimate of drug-likeness (QED) is 0.660. The fourth-order valence-corrected chi connectivity index (χ4v) is 4.02. The van der Waals surface area contributed by atoms with Crippen LogP contribution in [0.1, 0.15) is 12.8 Å². The van der Waals surface area contributed by atoms with Crippen LogP contribution in [0, 0.1) is 5.92 Å². The standard InChI is InChI=1S/C11H13N5O4S/c17-4-6-9(18)16-8(11(19)20)7(21-10(6)16)2-1-3-15-5-12-13-14-15/h5-6,10,17H,1-4H2,(H,19,20)/t6-,10+/m0/s1. The third-order valence-electron chi connectivity index (χ3n) is 3.50. The second-order valence-electron chi connectivity index (χ2n) is 4.76. The zero-order valence-electron chi connectivity index (χ0n) is 10.9. The Morgan fingerprint density at radius 3 is 2.90 bits per heavy atom. The minimum atomic E-state index is -1.10. The number of carboxylic acid groups (broad SMARTS) is 1. The number of aliphatic carboxylic acids is 1. The first-order chi connectivity index (χ1) is 10.1. The molecule has 9 nitrogen and oxygen atoms in total. The number of aromatic nitrogens is 4. The fourth-order valence-electron chi connectivity index (χ4n) is 2.48. The van der Waals surface area contributed by atoms with E-state index in [9.17, 15) is 14.7 Å². The van der Waals surface area contributed by atoms with Crippen molar-refractivity contribution in [3.63, 3.8) is 0 Å². The molecule has 2 aliphatic rings. The molecule has 0 radical (unpaired) electrons. The van der Waals surface area contributed by atoms with Crippen LogP contribution in [-0.2, 0) is 16.1 Å². The Bertz CT molecular complexity index is 602. The highest BCUT2D eigenvalue weighted by molar-refractivity contribution is 8.04. The molecule has 0 aliphatic carbocycles. The van der Waals surface area contributed by atoms with Gasteiger partial charge in [0.05, 0.1) is 12.5 Å². The number of β-lactam (4-membered cyclic amide) rings is 1. The van der Waals surface area contributed by atoms with Gasteiger partial charge in [-0.2, -0.15) is 0 Å². The molecule has 3 rings (SSSR count). The molecule has 21 heavy (non-hydrogen) atoms. The van der Waals surface area contributed by atoms with Crippen molar-refractivity contribution < 1.29 is 19.8 Å². The summed E-state index contributed by atoms with van der Waals surface area (Å²) in [6, 6.07) is 0. The van der Waals surface area contributed by atoms with Gasteiger partial charge in [0.1, 0.15) is 17.4 Å². The zero-order valence-corrected chi connectivity index (χ0v) is 11.7. The van der Waals surface area contributed by atoms with E-state index in [1.807, 2.05) is 0 Å². The number of thioether (sulfide) groups is 1. The lowest BCUT2D eigenvalue weighted by atomic mass is 9.98. The topological polar surface area (TPSA) is 121 Å². The molecule has 1 aromatic rings. The smallest absolute Gasteiger partial charge is 0.353 e. The van der Waals surface area contributed by atoms with E-state index in [1.54, 1.807) is 4.68 Å². The summed E-state index contributed by atoms with van der Waals surface area (Å²) < 4.78 is 1.57. The lowest BCUT2D eigenvalue weighted by Crippen LogP contribution is -2.58. The van der Waals surface area contributed by atoms with Crippen molar-refractivity contribution >= 4 is 23.6 Å². The van der Waals surface area contributed by atoms with E-state index in [0.29, 0.717) is 24.3 Å². The number of hydrogen-bond donors (Lipinski definition) is 2. The number of aryl methyl sites for hydroxylation is 1. The highest BCUT2D eigenvalue weighted by Gasteiger charge is 2.55. The molecule has 2 atom stereocenters. The Hall–Kier alpha value is -1.94. The second-order valence-corrected chi connectivity index (χ2v) is 5.97. The number of tetrazole rings is 1. The lowest BCUT2D eigenvalue weighted by Gasteiger charge is -2.41. The van der Waals surface area contributed by atoms with Crippen LogP contribution in [0.2, 0.25) is 0 Å². The maximum Gasteiger partial charge on any atom is 0.353 e. The third-order valence-corrected chi connectivity index (χ3v) is 4.97. The molecule has 1 fully saturated rings. The Kier molecular flexibility index (Phi) is 3.64. The monoisotopic (exact) mass is 311 g/mol. The van der Waals surface area contributed by atoms with Crippen molar-refractivity contribution in [2.24, 2.45) is 5.92 Å². The maximum absolute atomic E-state index is 11.8. The molecule has 0 unspecified atom stereocenters. The van der Waals surface area contributed by atoms with Gasteiger partial charge >= 0.3 is 5.97 Å². The average molecular weight is 311 g/mol. The Morgan fingerprint density at radius 1 is 1.48 bits per heavy atom. The number of aliphatic hydroxyl groups excluding tert-OH is 1. The molecule has 2 N–H and O–H groups in total. The second kappa shape index (κ2) is 5.45. The first-order valence-electron chi connectivity index (χ1n) is 6.41. The highest BCUT2D eigenvalue weighted by Crippen LogP contribution is 2.50. The van der Waals surface area contributed by atoms with E-state index in [4.69, 9.17) is 5.11 Å². The summed E-state index contributed by atoms with van der Waals surface area (Å²) in [6.07, 6.45) is 2.69. The molecule has 1 aromatic heterocycles. The minimum Gasteiger partial charge on any atom is -0.477 e. The number of carboxylic acids is 1. The van der Waals surface area contributed by atoms with Crippen LogP contribution in [0.15, 0.2) is 16.9 Å². The fraction of sp³-hybridized carbons (Fsp3) is 0.545. The van der Waals surface area contributed by atoms with Crippen LogP contribution in [0.25, 0.3) is 0 Å². The summed E-state index contributed by atoms with van der Waals surface area (Å²) in [5, 5.41) is 29.0. The first-order valence-corrected chi connectivity index (χ1v) is 7.29. The van der Waals surface area contributed by atoms with E-state index in [1.165, 1.54) is 23.0 Å².